The fraction of sp³-hybridized carbons (Fsp3) is 0. The van der Waals surface area contributed by atoms with E-state index in [1.165, 1.54) is 12.5 Å². The summed E-state index contributed by atoms with van der Waals surface area (Å²) >= 11 is 0. The van der Waals surface area contributed by atoms with Crippen molar-refractivity contribution in [3.63, 3.8) is 0 Å². The molecule has 90 valence electrons. The van der Waals surface area contributed by atoms with Gasteiger partial charge in [0, 0.05) is 11.6 Å². The molecule has 0 spiro atoms. The van der Waals surface area contributed by atoms with E-state index >= 15 is 0 Å². The SMILES string of the molecule is N#Cc1c2ncnc2c(C#N)c2c(C#N)cccnc12. The van der Waals surface area contributed by atoms with Crippen LogP contribution in [0.3, 0.4) is 0 Å². The Morgan fingerprint density at radius 2 is 1.50 bits per heavy atom. The molecule has 3 rings (SSSR count). The van der Waals surface area contributed by atoms with Crippen molar-refractivity contribution >= 4 is 21.9 Å². The minimum Gasteiger partial charge on any atom is -0.255 e. The van der Waals surface area contributed by atoms with Gasteiger partial charge in [0.15, 0.2) is 0 Å². The zero-order chi connectivity index (χ0) is 14.1. The van der Waals surface area contributed by atoms with Crippen LogP contribution in [0.15, 0.2) is 24.7 Å². The molecule has 2 aromatic heterocycles. The van der Waals surface area contributed by atoms with Gasteiger partial charge in [0.25, 0.3) is 0 Å². The second kappa shape index (κ2) is 4.28. The first kappa shape index (κ1) is 11.5. The van der Waals surface area contributed by atoms with Gasteiger partial charge in [-0.1, -0.05) is 0 Å². The molecule has 0 bridgehead atoms. The number of nitrogens with zero attached hydrogens (tertiary/aromatic N) is 6. The van der Waals surface area contributed by atoms with Crippen LogP contribution in [0.4, 0.5) is 0 Å². The summed E-state index contributed by atoms with van der Waals surface area (Å²) in [6.45, 7) is 0. The van der Waals surface area contributed by atoms with E-state index in [1.54, 1.807) is 12.1 Å². The van der Waals surface area contributed by atoms with Crippen molar-refractivity contribution < 1.29 is 0 Å². The summed E-state index contributed by atoms with van der Waals surface area (Å²) in [4.78, 5) is 12.2. The van der Waals surface area contributed by atoms with Gasteiger partial charge in [-0.05, 0) is 12.1 Å². The molecule has 0 N–H and O–H groups in total. The van der Waals surface area contributed by atoms with Crippen molar-refractivity contribution in [3.8, 4) is 18.2 Å². The normalized spacial score (nSPS) is 9.85. The third-order valence-electron chi connectivity index (χ3n) is 2.96. The first-order chi connectivity index (χ1) is 9.81. The number of imidazole rings is 1. The highest BCUT2D eigenvalue weighted by Crippen LogP contribution is 2.30. The monoisotopic (exact) mass is 256 g/mol. The van der Waals surface area contributed by atoms with E-state index in [9.17, 15) is 15.8 Å². The minimum atomic E-state index is 0.215. The summed E-state index contributed by atoms with van der Waals surface area (Å²) < 4.78 is 0. The molecular weight excluding hydrogens is 252 g/mol. The van der Waals surface area contributed by atoms with Crippen LogP contribution in [0.25, 0.3) is 21.9 Å². The summed E-state index contributed by atoms with van der Waals surface area (Å²) in [5, 5.41) is 28.3. The summed E-state index contributed by atoms with van der Waals surface area (Å²) in [5.74, 6) is 0. The van der Waals surface area contributed by atoms with E-state index in [0.717, 1.165) is 0 Å². The van der Waals surface area contributed by atoms with Crippen LogP contribution in [0.5, 0.6) is 0 Å². The molecule has 0 saturated carbocycles. The van der Waals surface area contributed by atoms with Gasteiger partial charge in [-0.3, -0.25) is 4.98 Å². The molecule has 0 aliphatic rings. The minimum absolute atomic E-state index is 0.215. The Balaban J connectivity index is 2.80. The standard InChI is InChI=1S/C14H4N6/c15-4-8-2-1-3-18-12-10(6-17)14-13(19-7-20-14)9(5-16)11(8)12/h1-3,7H. The van der Waals surface area contributed by atoms with Crippen LogP contribution in [0.1, 0.15) is 16.7 Å². The molecule has 20 heavy (non-hydrogen) atoms. The van der Waals surface area contributed by atoms with E-state index in [2.05, 4.69) is 15.0 Å². The fourth-order valence-electron chi connectivity index (χ4n) is 2.15. The Hall–Kier alpha value is -3.56. The van der Waals surface area contributed by atoms with E-state index in [-0.39, 0.29) is 16.7 Å². The number of rotatable bonds is 0. The van der Waals surface area contributed by atoms with E-state index < -0.39 is 0 Å². The number of hydrogen-bond acceptors (Lipinski definition) is 6. The zero-order valence-electron chi connectivity index (χ0n) is 9.99. The molecule has 6 nitrogen and oxygen atoms in total. The van der Waals surface area contributed by atoms with Gasteiger partial charge >= 0.3 is 0 Å². The Labute approximate surface area is 113 Å². The van der Waals surface area contributed by atoms with Gasteiger partial charge in [0.2, 0.25) is 0 Å². The Morgan fingerprint density at radius 1 is 0.800 bits per heavy atom. The van der Waals surface area contributed by atoms with Crippen molar-refractivity contribution in [1.82, 2.24) is 15.0 Å². The maximum atomic E-state index is 9.38. The second-order valence-corrected chi connectivity index (χ2v) is 3.93. The van der Waals surface area contributed by atoms with Gasteiger partial charge in [0.05, 0.1) is 22.7 Å². The van der Waals surface area contributed by atoms with Crippen LogP contribution >= 0.6 is 0 Å². The lowest BCUT2D eigenvalue weighted by atomic mass is 10.00. The molecule has 3 aromatic rings. The molecule has 0 saturated heterocycles. The summed E-state index contributed by atoms with van der Waals surface area (Å²) in [6.07, 6.45) is 2.77. The molecule has 0 aliphatic carbocycles. The maximum Gasteiger partial charge on any atom is 0.117 e. The zero-order valence-corrected chi connectivity index (χ0v) is 9.99. The average molecular weight is 256 g/mol. The third-order valence-corrected chi connectivity index (χ3v) is 2.96. The lowest BCUT2D eigenvalue weighted by Gasteiger charge is -2.01. The molecule has 2 heterocycles. The predicted octanol–water partition coefficient (Wildman–Crippen LogP) is 1.79. The molecular formula is C14H4N6. The smallest absolute Gasteiger partial charge is 0.117 e. The summed E-state index contributed by atoms with van der Waals surface area (Å²) in [7, 11) is 0. The lowest BCUT2D eigenvalue weighted by molar-refractivity contribution is 1.34. The molecule has 0 aliphatic heterocycles. The van der Waals surface area contributed by atoms with Crippen LogP contribution in [0.2, 0.25) is 0 Å². The van der Waals surface area contributed by atoms with Crippen molar-refractivity contribution in [3.05, 3.63) is 41.3 Å². The van der Waals surface area contributed by atoms with Crippen LogP contribution in [-0.2, 0) is 0 Å². The number of hydrogen-bond donors (Lipinski definition) is 0. The fourth-order valence-corrected chi connectivity index (χ4v) is 2.15. The highest BCUT2D eigenvalue weighted by atomic mass is 14.9. The Kier molecular flexibility index (Phi) is 2.46. The molecule has 0 fully saturated rings. The van der Waals surface area contributed by atoms with Gasteiger partial charge < -0.3 is 0 Å². The molecule has 0 atom stereocenters. The van der Waals surface area contributed by atoms with Gasteiger partial charge in [0.1, 0.15) is 35.1 Å². The Bertz CT molecular complexity index is 985. The molecule has 6 heteroatoms. The quantitative estimate of drug-likeness (QED) is 0.606. The Morgan fingerprint density at radius 3 is 2.15 bits per heavy atom. The number of benzene rings is 1. The van der Waals surface area contributed by atoms with Crippen molar-refractivity contribution in [2.24, 2.45) is 0 Å². The van der Waals surface area contributed by atoms with Crippen molar-refractivity contribution in [2.75, 3.05) is 0 Å². The van der Waals surface area contributed by atoms with E-state index in [1.807, 2.05) is 18.2 Å². The topological polar surface area (TPSA) is 110 Å². The van der Waals surface area contributed by atoms with Gasteiger partial charge in [-0.25, -0.2) is 9.97 Å². The summed E-state index contributed by atoms with van der Waals surface area (Å²) in [6, 6.07) is 9.24. The molecule has 1 aromatic carbocycles. The van der Waals surface area contributed by atoms with E-state index in [0.29, 0.717) is 21.9 Å². The largest absolute Gasteiger partial charge is 0.255 e. The first-order valence-electron chi connectivity index (χ1n) is 5.57. The number of nitriles is 3. The van der Waals surface area contributed by atoms with Crippen molar-refractivity contribution in [1.29, 1.82) is 15.8 Å². The number of aromatic nitrogens is 3. The van der Waals surface area contributed by atoms with Crippen LogP contribution < -0.4 is 0 Å². The highest BCUT2D eigenvalue weighted by Gasteiger charge is 2.19. The van der Waals surface area contributed by atoms with Crippen LogP contribution in [0, 0.1) is 34.0 Å². The van der Waals surface area contributed by atoms with Crippen molar-refractivity contribution in [2.45, 2.75) is 0 Å². The van der Waals surface area contributed by atoms with E-state index in [4.69, 9.17) is 0 Å². The third kappa shape index (κ3) is 1.38. The predicted molar refractivity (Wildman–Crippen MR) is 69.0 cm³/mol. The highest BCUT2D eigenvalue weighted by molar-refractivity contribution is 6.06. The summed E-state index contributed by atoms with van der Waals surface area (Å²) in [5.41, 5.74) is 1.65. The van der Waals surface area contributed by atoms with Gasteiger partial charge in [-0.2, -0.15) is 15.8 Å². The van der Waals surface area contributed by atoms with Crippen LogP contribution in [-0.4, -0.2) is 15.0 Å². The first-order valence-corrected chi connectivity index (χ1v) is 5.57. The second-order valence-electron chi connectivity index (χ2n) is 3.93. The lowest BCUT2D eigenvalue weighted by Crippen LogP contribution is -1.91. The average Bonchev–Trinajstić information content (AvgIpc) is 2.85. The maximum absolute atomic E-state index is 9.38. The number of fused-ring (bicyclic) bond motifs is 2. The molecule has 0 amide bonds. The molecule has 0 unspecified atom stereocenters. The van der Waals surface area contributed by atoms with Gasteiger partial charge in [-0.15, -0.1) is 0 Å². The molecule has 0 radical (unpaired) electrons.